The molecule has 29 heavy (non-hydrogen) atoms. The molecule has 0 spiro atoms. The lowest BCUT2D eigenvalue weighted by Crippen LogP contribution is -2.31. The summed E-state index contributed by atoms with van der Waals surface area (Å²) in [6, 6.07) is 8.57. The van der Waals surface area contributed by atoms with Gasteiger partial charge in [0, 0.05) is 39.1 Å². The molecular weight excluding hydrogens is 366 g/mol. The lowest BCUT2D eigenvalue weighted by molar-refractivity contribution is -0.127. The summed E-state index contributed by atoms with van der Waals surface area (Å²) in [4.78, 5) is 32.7. The summed E-state index contributed by atoms with van der Waals surface area (Å²) in [5, 5.41) is 3.38. The number of likely N-dealkylation sites (tertiary alicyclic amines) is 1. The highest BCUT2D eigenvalue weighted by atomic mass is 16.2. The van der Waals surface area contributed by atoms with Gasteiger partial charge in [0.1, 0.15) is 11.8 Å². The molecule has 5 rings (SSSR count). The SMILES string of the molecule is O=C1CCCN1CCCNc1ncnc2nc(N3CCc4ccccc4C3)[nH]c12. The van der Waals surface area contributed by atoms with E-state index in [1.807, 2.05) is 4.90 Å². The van der Waals surface area contributed by atoms with Crippen LogP contribution in [-0.2, 0) is 17.8 Å². The molecule has 3 aromatic rings. The first-order chi connectivity index (χ1) is 14.3. The van der Waals surface area contributed by atoms with Crippen LogP contribution in [-0.4, -0.2) is 56.9 Å². The summed E-state index contributed by atoms with van der Waals surface area (Å²) in [5.74, 6) is 1.87. The highest BCUT2D eigenvalue weighted by molar-refractivity contribution is 5.84. The van der Waals surface area contributed by atoms with E-state index in [4.69, 9.17) is 4.98 Å². The van der Waals surface area contributed by atoms with Crippen LogP contribution >= 0.6 is 0 Å². The molecule has 8 nitrogen and oxygen atoms in total. The van der Waals surface area contributed by atoms with E-state index in [0.717, 1.165) is 69.3 Å². The number of hydrogen-bond donors (Lipinski definition) is 2. The third kappa shape index (κ3) is 3.62. The maximum atomic E-state index is 11.7. The maximum Gasteiger partial charge on any atom is 0.222 e. The van der Waals surface area contributed by atoms with Gasteiger partial charge < -0.3 is 20.1 Å². The number of benzene rings is 1. The van der Waals surface area contributed by atoms with Gasteiger partial charge in [0.05, 0.1) is 0 Å². The van der Waals surface area contributed by atoms with E-state index >= 15 is 0 Å². The molecule has 2 aliphatic heterocycles. The van der Waals surface area contributed by atoms with Crippen LogP contribution in [0.25, 0.3) is 11.2 Å². The number of fused-ring (bicyclic) bond motifs is 2. The van der Waals surface area contributed by atoms with Crippen LogP contribution in [0.2, 0.25) is 0 Å². The van der Waals surface area contributed by atoms with Gasteiger partial charge in [-0.05, 0) is 30.4 Å². The molecule has 2 aliphatic rings. The van der Waals surface area contributed by atoms with Crippen LogP contribution in [0.5, 0.6) is 0 Å². The fraction of sp³-hybridized carbons (Fsp3) is 0.429. The van der Waals surface area contributed by atoms with Gasteiger partial charge in [-0.3, -0.25) is 4.79 Å². The number of carbonyl (C=O) groups excluding carboxylic acids is 1. The predicted molar refractivity (Wildman–Crippen MR) is 112 cm³/mol. The molecule has 0 atom stereocenters. The van der Waals surface area contributed by atoms with E-state index in [9.17, 15) is 4.79 Å². The van der Waals surface area contributed by atoms with Crippen LogP contribution in [0.4, 0.5) is 11.8 Å². The Morgan fingerprint density at radius 1 is 1.10 bits per heavy atom. The lowest BCUT2D eigenvalue weighted by Gasteiger charge is -2.28. The molecule has 2 aromatic heterocycles. The first kappa shape index (κ1) is 17.9. The van der Waals surface area contributed by atoms with Gasteiger partial charge >= 0.3 is 0 Å². The summed E-state index contributed by atoms with van der Waals surface area (Å²) < 4.78 is 0. The number of carbonyl (C=O) groups is 1. The number of aromatic amines is 1. The Kier molecular flexibility index (Phi) is 4.75. The normalized spacial score (nSPS) is 16.5. The number of anilines is 2. The minimum Gasteiger partial charge on any atom is -0.368 e. The minimum atomic E-state index is 0.274. The van der Waals surface area contributed by atoms with Gasteiger partial charge in [-0.2, -0.15) is 4.98 Å². The number of nitrogens with one attached hydrogen (secondary N) is 2. The third-order valence-electron chi connectivity index (χ3n) is 5.77. The van der Waals surface area contributed by atoms with E-state index < -0.39 is 0 Å². The monoisotopic (exact) mass is 391 g/mol. The molecule has 0 bridgehead atoms. The first-order valence-corrected chi connectivity index (χ1v) is 10.3. The third-order valence-corrected chi connectivity index (χ3v) is 5.77. The van der Waals surface area contributed by atoms with E-state index in [1.165, 1.54) is 11.1 Å². The maximum absolute atomic E-state index is 11.7. The van der Waals surface area contributed by atoms with Gasteiger partial charge in [-0.25, -0.2) is 9.97 Å². The number of hydrogen-bond acceptors (Lipinski definition) is 6. The molecule has 1 fully saturated rings. The van der Waals surface area contributed by atoms with Crippen molar-refractivity contribution >= 4 is 28.8 Å². The summed E-state index contributed by atoms with van der Waals surface area (Å²) in [5.41, 5.74) is 4.27. The topological polar surface area (TPSA) is 90.0 Å². The largest absolute Gasteiger partial charge is 0.368 e. The summed E-state index contributed by atoms with van der Waals surface area (Å²) in [6.07, 6.45) is 5.12. The smallest absolute Gasteiger partial charge is 0.222 e. The Balaban J connectivity index is 1.27. The average Bonchev–Trinajstić information content (AvgIpc) is 3.37. The zero-order chi connectivity index (χ0) is 19.6. The van der Waals surface area contributed by atoms with Crippen LogP contribution in [0.3, 0.4) is 0 Å². The molecule has 0 saturated carbocycles. The number of imidazole rings is 1. The standard InChI is InChI=1S/C21H25N7O/c29-17-7-3-10-27(17)11-4-9-22-19-18-20(24-14-23-19)26-21(25-18)28-12-8-15-5-1-2-6-16(15)13-28/h1-2,5-6,14H,3-4,7-13H2,(H2,22,23,24,25,26). The lowest BCUT2D eigenvalue weighted by atomic mass is 10.0. The highest BCUT2D eigenvalue weighted by Crippen LogP contribution is 2.26. The van der Waals surface area contributed by atoms with Gasteiger partial charge in [-0.15, -0.1) is 0 Å². The van der Waals surface area contributed by atoms with Crippen molar-refractivity contribution in [2.45, 2.75) is 32.2 Å². The molecule has 0 aliphatic carbocycles. The van der Waals surface area contributed by atoms with Crippen molar-refractivity contribution in [1.29, 1.82) is 0 Å². The molecule has 4 heterocycles. The van der Waals surface area contributed by atoms with Gasteiger partial charge in [-0.1, -0.05) is 24.3 Å². The second-order valence-corrected chi connectivity index (χ2v) is 7.69. The summed E-state index contributed by atoms with van der Waals surface area (Å²) in [7, 11) is 0. The zero-order valence-corrected chi connectivity index (χ0v) is 16.4. The molecule has 1 saturated heterocycles. The fourth-order valence-electron chi connectivity index (χ4n) is 4.19. The Morgan fingerprint density at radius 2 is 2.00 bits per heavy atom. The molecule has 0 radical (unpaired) electrons. The van der Waals surface area contributed by atoms with Crippen molar-refractivity contribution in [1.82, 2.24) is 24.8 Å². The van der Waals surface area contributed by atoms with E-state index in [0.29, 0.717) is 12.1 Å². The molecule has 0 unspecified atom stereocenters. The van der Waals surface area contributed by atoms with Crippen LogP contribution < -0.4 is 10.2 Å². The van der Waals surface area contributed by atoms with E-state index in [-0.39, 0.29) is 5.91 Å². The highest BCUT2D eigenvalue weighted by Gasteiger charge is 2.21. The van der Waals surface area contributed by atoms with E-state index in [1.54, 1.807) is 6.33 Å². The van der Waals surface area contributed by atoms with Crippen LogP contribution in [0, 0.1) is 0 Å². The van der Waals surface area contributed by atoms with Gasteiger partial charge in [0.25, 0.3) is 0 Å². The Morgan fingerprint density at radius 3 is 2.86 bits per heavy atom. The van der Waals surface area contributed by atoms with Crippen molar-refractivity contribution in [3.63, 3.8) is 0 Å². The molecule has 1 amide bonds. The van der Waals surface area contributed by atoms with Gasteiger partial charge in [0.15, 0.2) is 11.5 Å². The molecule has 150 valence electrons. The second kappa shape index (κ2) is 7.69. The molecule has 1 aromatic carbocycles. The van der Waals surface area contributed by atoms with Crippen molar-refractivity contribution in [2.24, 2.45) is 0 Å². The van der Waals surface area contributed by atoms with Gasteiger partial charge in [0.2, 0.25) is 11.9 Å². The zero-order valence-electron chi connectivity index (χ0n) is 16.4. The van der Waals surface area contributed by atoms with Crippen molar-refractivity contribution in [3.05, 3.63) is 41.7 Å². The fourth-order valence-corrected chi connectivity index (χ4v) is 4.19. The second-order valence-electron chi connectivity index (χ2n) is 7.69. The molecule has 2 N–H and O–H groups in total. The Bertz CT molecular complexity index is 1030. The number of amides is 1. The van der Waals surface area contributed by atoms with Crippen LogP contribution in [0.15, 0.2) is 30.6 Å². The van der Waals surface area contributed by atoms with Crippen molar-refractivity contribution in [3.8, 4) is 0 Å². The summed E-state index contributed by atoms with van der Waals surface area (Å²) >= 11 is 0. The van der Waals surface area contributed by atoms with Crippen molar-refractivity contribution in [2.75, 3.05) is 36.4 Å². The molecular formula is C21H25N7O. The number of aromatic nitrogens is 4. The average molecular weight is 391 g/mol. The molecule has 8 heteroatoms. The minimum absolute atomic E-state index is 0.274. The number of nitrogens with zero attached hydrogens (tertiary/aromatic N) is 5. The quantitative estimate of drug-likeness (QED) is 0.627. The Hall–Kier alpha value is -3.16. The number of H-pyrrole nitrogens is 1. The van der Waals surface area contributed by atoms with Crippen LogP contribution in [0.1, 0.15) is 30.4 Å². The first-order valence-electron chi connectivity index (χ1n) is 10.3. The number of rotatable bonds is 6. The Labute approximate surface area is 169 Å². The summed E-state index contributed by atoms with van der Waals surface area (Å²) in [6.45, 7) is 4.20. The van der Waals surface area contributed by atoms with Crippen molar-refractivity contribution < 1.29 is 4.79 Å². The predicted octanol–water partition coefficient (Wildman–Crippen LogP) is 2.34. The van der Waals surface area contributed by atoms with E-state index in [2.05, 4.69) is 49.4 Å².